The number of guanidine groups is 1. The molecule has 0 unspecified atom stereocenters. The standard InChI is InChI=1S/C20H26FN3O/c1-15(2)25-19-9-7-16(8-10-19)11-12-23-20(22-3)24-14-17-5-4-6-18(21)13-17/h4-10,13,15H,11-12,14H2,1-3H3,(H2,22,23,24). The number of halogens is 1. The fourth-order valence-electron chi connectivity index (χ4n) is 2.39. The average molecular weight is 343 g/mol. The van der Waals surface area contributed by atoms with Crippen LogP contribution in [0.5, 0.6) is 5.75 Å². The van der Waals surface area contributed by atoms with Gasteiger partial charge >= 0.3 is 0 Å². The Hall–Kier alpha value is -2.56. The number of ether oxygens (including phenoxy) is 1. The molecule has 0 saturated heterocycles. The molecule has 0 atom stereocenters. The van der Waals surface area contributed by atoms with E-state index in [1.807, 2.05) is 32.0 Å². The highest BCUT2D eigenvalue weighted by molar-refractivity contribution is 5.79. The van der Waals surface area contributed by atoms with Gasteiger partial charge in [-0.15, -0.1) is 0 Å². The fraction of sp³-hybridized carbons (Fsp3) is 0.350. The Kier molecular flexibility index (Phi) is 7.26. The molecule has 2 aromatic carbocycles. The van der Waals surface area contributed by atoms with Crippen LogP contribution in [-0.4, -0.2) is 25.7 Å². The molecule has 25 heavy (non-hydrogen) atoms. The third-order valence-corrected chi connectivity index (χ3v) is 3.57. The minimum atomic E-state index is -0.230. The number of aliphatic imine (C=N–C) groups is 1. The first-order chi connectivity index (χ1) is 12.1. The molecule has 0 saturated carbocycles. The van der Waals surface area contributed by atoms with Crippen molar-refractivity contribution in [2.75, 3.05) is 13.6 Å². The zero-order chi connectivity index (χ0) is 18.1. The molecule has 2 aromatic rings. The summed E-state index contributed by atoms with van der Waals surface area (Å²) in [5, 5.41) is 6.45. The molecule has 4 nitrogen and oxygen atoms in total. The van der Waals surface area contributed by atoms with Gasteiger partial charge in [-0.1, -0.05) is 24.3 Å². The van der Waals surface area contributed by atoms with Gasteiger partial charge in [0.2, 0.25) is 0 Å². The van der Waals surface area contributed by atoms with E-state index >= 15 is 0 Å². The lowest BCUT2D eigenvalue weighted by Gasteiger charge is -2.13. The second-order valence-electron chi connectivity index (χ2n) is 6.04. The maximum Gasteiger partial charge on any atom is 0.191 e. The van der Waals surface area contributed by atoms with Gasteiger partial charge in [0.05, 0.1) is 6.10 Å². The second-order valence-corrected chi connectivity index (χ2v) is 6.04. The quantitative estimate of drug-likeness (QED) is 0.597. The van der Waals surface area contributed by atoms with Crippen LogP contribution in [0.2, 0.25) is 0 Å². The van der Waals surface area contributed by atoms with Gasteiger partial charge in [0.25, 0.3) is 0 Å². The van der Waals surface area contributed by atoms with E-state index in [-0.39, 0.29) is 11.9 Å². The van der Waals surface area contributed by atoms with Gasteiger partial charge in [-0.05, 0) is 55.7 Å². The average Bonchev–Trinajstić information content (AvgIpc) is 2.59. The van der Waals surface area contributed by atoms with Crippen LogP contribution in [-0.2, 0) is 13.0 Å². The Morgan fingerprint density at radius 1 is 1.08 bits per heavy atom. The van der Waals surface area contributed by atoms with Crippen LogP contribution in [0.3, 0.4) is 0 Å². The molecule has 2 N–H and O–H groups in total. The summed E-state index contributed by atoms with van der Waals surface area (Å²) in [6, 6.07) is 14.7. The molecule has 0 fully saturated rings. The predicted octanol–water partition coefficient (Wildman–Crippen LogP) is 3.52. The predicted molar refractivity (Wildman–Crippen MR) is 101 cm³/mol. The molecule has 0 heterocycles. The molecule has 134 valence electrons. The Labute approximate surface area is 149 Å². The molecular weight excluding hydrogens is 317 g/mol. The van der Waals surface area contributed by atoms with E-state index in [0.29, 0.717) is 12.5 Å². The van der Waals surface area contributed by atoms with E-state index in [4.69, 9.17) is 4.74 Å². The van der Waals surface area contributed by atoms with Gasteiger partial charge in [0, 0.05) is 20.1 Å². The van der Waals surface area contributed by atoms with Gasteiger partial charge in [-0.3, -0.25) is 4.99 Å². The summed E-state index contributed by atoms with van der Waals surface area (Å²) < 4.78 is 18.8. The molecule has 2 rings (SSSR count). The smallest absolute Gasteiger partial charge is 0.191 e. The van der Waals surface area contributed by atoms with Gasteiger partial charge in [-0.2, -0.15) is 0 Å². The van der Waals surface area contributed by atoms with Crippen molar-refractivity contribution in [2.45, 2.75) is 32.9 Å². The summed E-state index contributed by atoms with van der Waals surface area (Å²) in [7, 11) is 1.72. The minimum Gasteiger partial charge on any atom is -0.491 e. The van der Waals surface area contributed by atoms with Crippen LogP contribution in [0.1, 0.15) is 25.0 Å². The Morgan fingerprint density at radius 2 is 1.84 bits per heavy atom. The van der Waals surface area contributed by atoms with Crippen molar-refractivity contribution in [3.63, 3.8) is 0 Å². The zero-order valence-electron chi connectivity index (χ0n) is 15.1. The van der Waals surface area contributed by atoms with E-state index in [0.717, 1.165) is 24.3 Å². The minimum absolute atomic E-state index is 0.181. The van der Waals surface area contributed by atoms with Crippen molar-refractivity contribution >= 4 is 5.96 Å². The number of benzene rings is 2. The molecule has 0 radical (unpaired) electrons. The number of hydrogen-bond donors (Lipinski definition) is 2. The summed E-state index contributed by atoms with van der Waals surface area (Å²) in [5.74, 6) is 1.36. The van der Waals surface area contributed by atoms with Crippen LogP contribution in [0.4, 0.5) is 4.39 Å². The molecule has 0 bridgehead atoms. The van der Waals surface area contributed by atoms with Crippen molar-refractivity contribution in [1.29, 1.82) is 0 Å². The molecular formula is C20H26FN3O. The highest BCUT2D eigenvalue weighted by Crippen LogP contribution is 2.13. The van der Waals surface area contributed by atoms with Crippen molar-refractivity contribution in [2.24, 2.45) is 4.99 Å². The fourth-order valence-corrected chi connectivity index (χ4v) is 2.39. The lowest BCUT2D eigenvalue weighted by atomic mass is 10.1. The third kappa shape index (κ3) is 6.83. The van der Waals surface area contributed by atoms with Crippen LogP contribution in [0.15, 0.2) is 53.5 Å². The summed E-state index contributed by atoms with van der Waals surface area (Å²) in [6.45, 7) is 5.31. The zero-order valence-corrected chi connectivity index (χ0v) is 15.1. The molecule has 0 aromatic heterocycles. The van der Waals surface area contributed by atoms with Crippen molar-refractivity contribution in [3.05, 3.63) is 65.5 Å². The van der Waals surface area contributed by atoms with Gasteiger partial charge in [0.1, 0.15) is 11.6 Å². The van der Waals surface area contributed by atoms with Crippen LogP contribution in [0.25, 0.3) is 0 Å². The first-order valence-electron chi connectivity index (χ1n) is 8.51. The van der Waals surface area contributed by atoms with Crippen molar-refractivity contribution in [3.8, 4) is 5.75 Å². The highest BCUT2D eigenvalue weighted by Gasteiger charge is 2.01. The van der Waals surface area contributed by atoms with Crippen molar-refractivity contribution in [1.82, 2.24) is 10.6 Å². The number of rotatable bonds is 7. The SMILES string of the molecule is CN=C(NCCc1ccc(OC(C)C)cc1)NCc1cccc(F)c1. The largest absolute Gasteiger partial charge is 0.491 e. The van der Waals surface area contributed by atoms with E-state index in [1.54, 1.807) is 13.1 Å². The first-order valence-corrected chi connectivity index (χ1v) is 8.51. The van der Waals surface area contributed by atoms with Crippen molar-refractivity contribution < 1.29 is 9.13 Å². The molecule has 0 amide bonds. The maximum atomic E-state index is 13.2. The van der Waals surface area contributed by atoms with Crippen LogP contribution >= 0.6 is 0 Å². The summed E-state index contributed by atoms with van der Waals surface area (Å²) in [6.07, 6.45) is 1.06. The van der Waals surface area contributed by atoms with E-state index in [2.05, 4.69) is 27.8 Å². The number of nitrogens with one attached hydrogen (secondary N) is 2. The summed E-state index contributed by atoms with van der Waals surface area (Å²) >= 11 is 0. The van der Waals surface area contributed by atoms with E-state index < -0.39 is 0 Å². The van der Waals surface area contributed by atoms with E-state index in [1.165, 1.54) is 17.7 Å². The molecule has 0 aliphatic rings. The lowest BCUT2D eigenvalue weighted by Crippen LogP contribution is -2.37. The monoisotopic (exact) mass is 343 g/mol. The highest BCUT2D eigenvalue weighted by atomic mass is 19.1. The molecule has 5 heteroatoms. The summed E-state index contributed by atoms with van der Waals surface area (Å²) in [4.78, 5) is 4.18. The molecule has 0 aliphatic heterocycles. The third-order valence-electron chi connectivity index (χ3n) is 3.57. The Morgan fingerprint density at radius 3 is 2.48 bits per heavy atom. The Balaban J connectivity index is 1.75. The topological polar surface area (TPSA) is 45.7 Å². The van der Waals surface area contributed by atoms with Gasteiger partial charge in [0.15, 0.2) is 5.96 Å². The molecule has 0 spiro atoms. The Bertz CT molecular complexity index is 684. The van der Waals surface area contributed by atoms with Gasteiger partial charge in [-0.25, -0.2) is 4.39 Å². The number of hydrogen-bond acceptors (Lipinski definition) is 2. The summed E-state index contributed by atoms with van der Waals surface area (Å²) in [5.41, 5.74) is 2.10. The normalized spacial score (nSPS) is 11.5. The van der Waals surface area contributed by atoms with Crippen LogP contribution < -0.4 is 15.4 Å². The second kappa shape index (κ2) is 9.67. The lowest BCUT2D eigenvalue weighted by molar-refractivity contribution is 0.242. The maximum absolute atomic E-state index is 13.2. The first kappa shape index (κ1) is 18.8. The number of nitrogens with zero attached hydrogens (tertiary/aromatic N) is 1. The van der Waals surface area contributed by atoms with Gasteiger partial charge < -0.3 is 15.4 Å². The molecule has 0 aliphatic carbocycles. The van der Waals surface area contributed by atoms with Crippen LogP contribution in [0, 0.1) is 5.82 Å². The van der Waals surface area contributed by atoms with E-state index in [9.17, 15) is 4.39 Å².